The number of nitrogens with one attached hydrogen (secondary N) is 1. The molecule has 0 saturated carbocycles. The third-order valence-corrected chi connectivity index (χ3v) is 5.71. The van der Waals surface area contributed by atoms with Crippen LogP contribution in [-0.2, 0) is 10.0 Å². The van der Waals surface area contributed by atoms with E-state index in [1.54, 1.807) is 0 Å². The van der Waals surface area contributed by atoms with Crippen molar-refractivity contribution >= 4 is 15.7 Å². The molecule has 2 bridgehead atoms. The molecule has 108 valence electrons. The Morgan fingerprint density at radius 3 is 2.20 bits per heavy atom. The van der Waals surface area contributed by atoms with Crippen LogP contribution >= 0.6 is 0 Å². The van der Waals surface area contributed by atoms with Crippen LogP contribution in [0.25, 0.3) is 0 Å². The topological polar surface area (TPSA) is 92.5 Å². The van der Waals surface area contributed by atoms with E-state index >= 15 is 0 Å². The molecule has 8 heteroatoms. The highest BCUT2D eigenvalue weighted by Crippen LogP contribution is 2.26. The molecule has 0 amide bonds. The number of rotatable bonds is 3. The molecule has 2 aliphatic heterocycles. The third kappa shape index (κ3) is 2.30. The minimum Gasteiger partial charge on any atom is -0.309 e. The van der Waals surface area contributed by atoms with Gasteiger partial charge in [0.25, 0.3) is 5.69 Å². The molecule has 3 rings (SSSR count). The molecule has 2 heterocycles. The average molecular weight is 297 g/mol. The van der Waals surface area contributed by atoms with E-state index in [1.165, 1.54) is 28.6 Å². The maximum absolute atomic E-state index is 12.5. The summed E-state index contributed by atoms with van der Waals surface area (Å²) in [6, 6.07) is 5.51. The van der Waals surface area contributed by atoms with Crippen molar-refractivity contribution in [2.45, 2.75) is 29.8 Å². The molecular formula is C12H15N3O4S. The van der Waals surface area contributed by atoms with Crippen LogP contribution in [-0.4, -0.2) is 42.8 Å². The van der Waals surface area contributed by atoms with Gasteiger partial charge in [-0.15, -0.1) is 0 Å². The SMILES string of the molecule is O=[N+]([O-])c1ccc(S(=O)(=O)N2CC3CCC(C2)N3)cc1. The minimum absolute atomic E-state index is 0.107. The second-order valence-corrected chi connectivity index (χ2v) is 7.15. The Kier molecular flexibility index (Phi) is 3.23. The molecule has 0 radical (unpaired) electrons. The summed E-state index contributed by atoms with van der Waals surface area (Å²) in [5.74, 6) is 0. The summed E-state index contributed by atoms with van der Waals surface area (Å²) >= 11 is 0. The maximum Gasteiger partial charge on any atom is 0.269 e. The van der Waals surface area contributed by atoms with Crippen molar-refractivity contribution in [3.05, 3.63) is 34.4 Å². The fraction of sp³-hybridized carbons (Fsp3) is 0.500. The van der Waals surface area contributed by atoms with Gasteiger partial charge in [0.15, 0.2) is 0 Å². The Balaban J connectivity index is 1.86. The van der Waals surface area contributed by atoms with Gasteiger partial charge in [-0.05, 0) is 25.0 Å². The van der Waals surface area contributed by atoms with Gasteiger partial charge in [-0.2, -0.15) is 4.31 Å². The number of piperazine rings is 1. The smallest absolute Gasteiger partial charge is 0.269 e. The lowest BCUT2D eigenvalue weighted by atomic mass is 10.2. The molecule has 20 heavy (non-hydrogen) atoms. The Bertz CT molecular complexity index is 617. The Morgan fingerprint density at radius 2 is 1.70 bits per heavy atom. The largest absolute Gasteiger partial charge is 0.309 e. The predicted octanol–water partition coefficient (Wildman–Crippen LogP) is 0.720. The molecule has 2 fully saturated rings. The van der Waals surface area contributed by atoms with Crippen LogP contribution in [0.2, 0.25) is 0 Å². The monoisotopic (exact) mass is 297 g/mol. The lowest BCUT2D eigenvalue weighted by Gasteiger charge is -2.31. The van der Waals surface area contributed by atoms with Gasteiger partial charge in [0.05, 0.1) is 9.82 Å². The van der Waals surface area contributed by atoms with Crippen molar-refractivity contribution in [3.63, 3.8) is 0 Å². The summed E-state index contributed by atoms with van der Waals surface area (Å²) < 4.78 is 26.5. The van der Waals surface area contributed by atoms with Crippen LogP contribution in [0.1, 0.15) is 12.8 Å². The van der Waals surface area contributed by atoms with Crippen molar-refractivity contribution in [1.29, 1.82) is 0 Å². The highest BCUT2D eigenvalue weighted by molar-refractivity contribution is 7.89. The van der Waals surface area contributed by atoms with Gasteiger partial charge in [0.2, 0.25) is 10.0 Å². The number of hydrogen-bond donors (Lipinski definition) is 1. The van der Waals surface area contributed by atoms with Gasteiger partial charge in [-0.3, -0.25) is 10.1 Å². The first-order valence-corrected chi connectivity index (χ1v) is 7.91. The first kappa shape index (κ1) is 13.5. The van der Waals surface area contributed by atoms with Crippen molar-refractivity contribution in [2.24, 2.45) is 0 Å². The summed E-state index contributed by atoms with van der Waals surface area (Å²) in [7, 11) is -3.56. The second-order valence-electron chi connectivity index (χ2n) is 5.21. The summed E-state index contributed by atoms with van der Waals surface area (Å²) in [5.41, 5.74) is -0.107. The Labute approximate surface area is 116 Å². The molecular weight excluding hydrogens is 282 g/mol. The number of nitrogens with zero attached hydrogens (tertiary/aromatic N) is 2. The van der Waals surface area contributed by atoms with Crippen LogP contribution < -0.4 is 5.32 Å². The van der Waals surface area contributed by atoms with E-state index in [0.29, 0.717) is 13.1 Å². The van der Waals surface area contributed by atoms with Gasteiger partial charge >= 0.3 is 0 Å². The molecule has 1 aromatic carbocycles. The quantitative estimate of drug-likeness (QED) is 0.655. The number of nitro groups is 1. The fourth-order valence-corrected chi connectivity index (χ4v) is 4.37. The molecule has 1 N–H and O–H groups in total. The molecule has 0 aliphatic carbocycles. The molecule has 2 saturated heterocycles. The zero-order valence-electron chi connectivity index (χ0n) is 10.7. The number of benzene rings is 1. The van der Waals surface area contributed by atoms with Crippen LogP contribution in [0.3, 0.4) is 0 Å². The molecule has 1 aromatic rings. The van der Waals surface area contributed by atoms with E-state index < -0.39 is 14.9 Å². The van der Waals surface area contributed by atoms with Gasteiger partial charge < -0.3 is 5.32 Å². The van der Waals surface area contributed by atoms with E-state index in [4.69, 9.17) is 0 Å². The normalized spacial score (nSPS) is 26.6. The molecule has 2 atom stereocenters. The summed E-state index contributed by atoms with van der Waals surface area (Å²) in [6.07, 6.45) is 1.99. The van der Waals surface area contributed by atoms with Crippen LogP contribution in [0.4, 0.5) is 5.69 Å². The first-order valence-electron chi connectivity index (χ1n) is 6.47. The molecule has 0 aromatic heterocycles. The lowest BCUT2D eigenvalue weighted by Crippen LogP contribution is -2.52. The zero-order valence-corrected chi connectivity index (χ0v) is 11.5. The van der Waals surface area contributed by atoms with Crippen LogP contribution in [0, 0.1) is 10.1 Å². The fourth-order valence-electron chi connectivity index (χ4n) is 2.84. The lowest BCUT2D eigenvalue weighted by molar-refractivity contribution is -0.384. The summed E-state index contributed by atoms with van der Waals surface area (Å²) in [5, 5.41) is 14.0. The third-order valence-electron chi connectivity index (χ3n) is 3.87. The van der Waals surface area contributed by atoms with Gasteiger partial charge in [-0.1, -0.05) is 0 Å². The van der Waals surface area contributed by atoms with Crippen LogP contribution in [0.5, 0.6) is 0 Å². The van der Waals surface area contributed by atoms with Crippen molar-refractivity contribution in [3.8, 4) is 0 Å². The summed E-state index contributed by atoms with van der Waals surface area (Å²) in [4.78, 5) is 10.2. The number of sulfonamides is 1. The average Bonchev–Trinajstić information content (AvgIpc) is 2.77. The Hall–Kier alpha value is -1.51. The second kappa shape index (κ2) is 4.80. The zero-order chi connectivity index (χ0) is 14.3. The Morgan fingerprint density at radius 1 is 1.15 bits per heavy atom. The maximum atomic E-state index is 12.5. The van der Waals surface area contributed by atoms with Gasteiger partial charge in [0, 0.05) is 37.3 Å². The number of nitro benzene ring substituents is 1. The van der Waals surface area contributed by atoms with Crippen molar-refractivity contribution < 1.29 is 13.3 Å². The first-order chi connectivity index (χ1) is 9.46. The van der Waals surface area contributed by atoms with Gasteiger partial charge in [0.1, 0.15) is 0 Å². The highest BCUT2D eigenvalue weighted by atomic mass is 32.2. The van der Waals surface area contributed by atoms with E-state index in [2.05, 4.69) is 5.32 Å². The molecule has 0 spiro atoms. The predicted molar refractivity (Wildman–Crippen MR) is 71.8 cm³/mol. The molecule has 2 aliphatic rings. The van der Waals surface area contributed by atoms with E-state index in [0.717, 1.165) is 12.8 Å². The van der Waals surface area contributed by atoms with Crippen LogP contribution in [0.15, 0.2) is 29.2 Å². The van der Waals surface area contributed by atoms with E-state index in [1.807, 2.05) is 0 Å². The molecule has 2 unspecified atom stereocenters. The molecule has 7 nitrogen and oxygen atoms in total. The number of fused-ring (bicyclic) bond motifs is 2. The summed E-state index contributed by atoms with van der Waals surface area (Å²) in [6.45, 7) is 0.936. The highest BCUT2D eigenvalue weighted by Gasteiger charge is 2.38. The standard InChI is InChI=1S/C12H15N3O4S/c16-15(17)11-3-5-12(6-4-11)20(18,19)14-7-9-1-2-10(8-14)13-9/h3-6,9-10,13H,1-2,7-8H2. The van der Waals surface area contributed by atoms with Gasteiger partial charge in [-0.25, -0.2) is 8.42 Å². The number of non-ortho nitro benzene ring substituents is 1. The number of hydrogen-bond acceptors (Lipinski definition) is 5. The van der Waals surface area contributed by atoms with E-state index in [-0.39, 0.29) is 22.7 Å². The minimum atomic E-state index is -3.56. The van der Waals surface area contributed by atoms with E-state index in [9.17, 15) is 18.5 Å². The van der Waals surface area contributed by atoms with Crippen molar-refractivity contribution in [1.82, 2.24) is 9.62 Å². The van der Waals surface area contributed by atoms with Crippen molar-refractivity contribution in [2.75, 3.05) is 13.1 Å².